The molecule has 0 aromatic heterocycles. The molecule has 4 aromatic carbocycles. The van der Waals surface area contributed by atoms with Crippen LogP contribution >= 0.6 is 0 Å². The van der Waals surface area contributed by atoms with E-state index in [2.05, 4.69) is 38.0 Å². The molecule has 3 fully saturated rings. The van der Waals surface area contributed by atoms with Crippen LogP contribution in [-0.4, -0.2) is 193 Å². The van der Waals surface area contributed by atoms with Crippen molar-refractivity contribution in [1.82, 2.24) is 35.1 Å². The predicted molar refractivity (Wildman–Crippen MR) is 349 cm³/mol. The summed E-state index contributed by atoms with van der Waals surface area (Å²) in [5, 5.41) is 11.1. The normalized spacial score (nSPS) is 21.6. The summed E-state index contributed by atoms with van der Waals surface area (Å²) in [7, 11) is 1.40. The van der Waals surface area contributed by atoms with Gasteiger partial charge in [0.2, 0.25) is 29.5 Å². The fraction of sp³-hybridized carbons (Fsp3) is 0.543. The number of nitrogens with zero attached hydrogens (tertiary/aromatic N) is 6. The second kappa shape index (κ2) is 29.9. The number of carbonyl (C=O) groups excluding carboxylic acids is 8. The second-order valence-corrected chi connectivity index (χ2v) is 27.9. The van der Waals surface area contributed by atoms with E-state index >= 15 is 18.4 Å². The van der Waals surface area contributed by atoms with E-state index in [0.717, 1.165) is 34.2 Å². The van der Waals surface area contributed by atoms with Crippen LogP contribution < -0.4 is 26.2 Å². The minimum absolute atomic E-state index is 0.000826. The highest BCUT2D eigenvalue weighted by atomic mass is 19.1. The van der Waals surface area contributed by atoms with Gasteiger partial charge in [-0.3, -0.25) is 43.5 Å². The lowest BCUT2D eigenvalue weighted by Crippen LogP contribution is -2.64. The Morgan fingerprint density at radius 3 is 2.14 bits per heavy atom. The first kappa shape index (κ1) is 71.2. The van der Waals surface area contributed by atoms with Crippen molar-refractivity contribution < 1.29 is 70.5 Å². The molecule has 9 rings (SSSR count). The monoisotopic (exact) mass is 1320 g/mol. The summed E-state index contributed by atoms with van der Waals surface area (Å²) in [5.41, 5.74) is 0.253. The second-order valence-electron chi connectivity index (χ2n) is 27.9. The lowest BCUT2D eigenvalue weighted by Gasteiger charge is -2.47. The van der Waals surface area contributed by atoms with E-state index < -0.39 is 93.8 Å². The number of morpholine rings is 1. The number of anilines is 3. The van der Waals surface area contributed by atoms with Crippen molar-refractivity contribution in [1.29, 1.82) is 0 Å². The number of fused-ring (bicyclic) bond motifs is 2. The van der Waals surface area contributed by atoms with Gasteiger partial charge in [0, 0.05) is 102 Å². The number of benzene rings is 4. The standard InChI is InChI=1S/C70H91F3N10O12/c1-42-35-80(51(37-79-28-31-93-40-43(79)2)38-81(42)67(91)95-69(7,8)9)39-58(85)83-41-70(10,53-24-19-46(33-56(53)83)32-45-17-21-49(71)22-18-45)65(89)74-27-13-16-57(84)75-50-23-20-48-36-82(61(52(48)34-50)63(87)77-60-54(72)14-12-15-55(60)73)64(88)59(47-25-29-92-30-26-47)76-62(86)44(3)78(11)66(90)94-68(4,5)6/h12,14-15,17-24,33-34,42-44,47,51,59,61H,13,16,25-32,35-41H2,1-11H3,(H,74,89)(H,75,84)(H,76,86)(H,77,87)/t42-,43?,44?,51+,59?,61?,70?/m1/s1. The van der Waals surface area contributed by atoms with Crippen molar-refractivity contribution in [3.63, 3.8) is 0 Å². The Labute approximate surface area is 553 Å². The molecule has 22 nitrogen and oxygen atoms in total. The SMILES string of the molecule is CC1COCCN1C[C@H]1CN(C(=O)OC(C)(C)C)[C@H](C)CN1CC(=O)N1CC(C)(C(=O)NCCCC(=O)Nc2ccc3c(c2)C(C(=O)Nc2c(F)cccc2F)N(C(=O)C(NC(=O)C(C)N(C)C(=O)OC(C)(C)C)C2CCOCC2)C3)c2ccc(Cc3ccc(F)cc3)cc21. The summed E-state index contributed by atoms with van der Waals surface area (Å²) in [6.07, 6.45) is 0.0409. The molecule has 7 atom stereocenters. The van der Waals surface area contributed by atoms with Crippen molar-refractivity contribution in [2.75, 3.05) is 94.8 Å². The van der Waals surface area contributed by atoms with E-state index in [9.17, 15) is 33.2 Å². The highest BCUT2D eigenvalue weighted by Gasteiger charge is 2.49. The Kier molecular flexibility index (Phi) is 22.4. The van der Waals surface area contributed by atoms with Gasteiger partial charge in [0.25, 0.3) is 5.91 Å². The summed E-state index contributed by atoms with van der Waals surface area (Å²) < 4.78 is 67.1. The van der Waals surface area contributed by atoms with Gasteiger partial charge in [0.1, 0.15) is 52.5 Å². The third-order valence-electron chi connectivity index (χ3n) is 18.3. The fourth-order valence-electron chi connectivity index (χ4n) is 13.0. The number of piperazine rings is 1. The molecule has 3 saturated heterocycles. The number of hydrogen-bond donors (Lipinski definition) is 4. The maximum Gasteiger partial charge on any atom is 0.410 e. The first-order valence-corrected chi connectivity index (χ1v) is 32.7. The van der Waals surface area contributed by atoms with Gasteiger partial charge >= 0.3 is 12.2 Å². The van der Waals surface area contributed by atoms with Crippen LogP contribution in [0.25, 0.3) is 0 Å². The molecule has 8 amide bonds. The van der Waals surface area contributed by atoms with Crippen LogP contribution in [0.4, 0.5) is 39.8 Å². The van der Waals surface area contributed by atoms with Crippen molar-refractivity contribution in [3.8, 4) is 0 Å². The topological polar surface area (TPSA) is 241 Å². The zero-order chi connectivity index (χ0) is 68.8. The Hall–Kier alpha value is -8.13. The molecule has 0 radical (unpaired) electrons. The maximum absolute atomic E-state index is 15.2. The van der Waals surface area contributed by atoms with E-state index in [-0.39, 0.29) is 99.2 Å². The van der Waals surface area contributed by atoms with Gasteiger partial charge in [-0.1, -0.05) is 36.4 Å². The molecule has 0 spiro atoms. The molecule has 5 unspecified atom stereocenters. The number of nitrogens with one attached hydrogen (secondary N) is 4. The number of halogens is 3. The van der Waals surface area contributed by atoms with Crippen LogP contribution in [0.15, 0.2) is 78.9 Å². The van der Waals surface area contributed by atoms with E-state index in [4.69, 9.17) is 18.9 Å². The molecule has 5 aliphatic heterocycles. The van der Waals surface area contributed by atoms with Crippen LogP contribution in [0, 0.1) is 23.4 Å². The number of hydrogen-bond acceptors (Lipinski definition) is 14. The number of amides is 8. The average molecular weight is 1320 g/mol. The average Bonchev–Trinajstić information content (AvgIpc) is 1.55. The van der Waals surface area contributed by atoms with E-state index in [0.29, 0.717) is 75.5 Å². The highest BCUT2D eigenvalue weighted by Crippen LogP contribution is 2.43. The molecule has 514 valence electrons. The number of rotatable bonds is 19. The minimum Gasteiger partial charge on any atom is -0.444 e. The highest BCUT2D eigenvalue weighted by molar-refractivity contribution is 6.04. The van der Waals surface area contributed by atoms with E-state index in [1.807, 2.05) is 45.9 Å². The van der Waals surface area contributed by atoms with Crippen molar-refractivity contribution in [2.45, 2.75) is 161 Å². The molecule has 25 heteroatoms. The molecule has 5 aliphatic rings. The first-order valence-electron chi connectivity index (χ1n) is 32.7. The molecular weight excluding hydrogens is 1230 g/mol. The van der Waals surface area contributed by atoms with Gasteiger partial charge < -0.3 is 54.9 Å². The van der Waals surface area contributed by atoms with Gasteiger partial charge in [-0.25, -0.2) is 22.8 Å². The molecule has 95 heavy (non-hydrogen) atoms. The van der Waals surface area contributed by atoms with Crippen LogP contribution in [0.1, 0.15) is 129 Å². The lowest BCUT2D eigenvalue weighted by atomic mass is 9.83. The molecule has 0 bridgehead atoms. The Balaban J connectivity index is 0.897. The van der Waals surface area contributed by atoms with Crippen molar-refractivity contribution >= 4 is 64.7 Å². The lowest BCUT2D eigenvalue weighted by molar-refractivity contribution is -0.144. The number of ether oxygens (including phenoxy) is 4. The summed E-state index contributed by atoms with van der Waals surface area (Å²) in [4.78, 5) is 124. The zero-order valence-corrected chi connectivity index (χ0v) is 56.3. The van der Waals surface area contributed by atoms with Gasteiger partial charge in [0.15, 0.2) is 0 Å². The van der Waals surface area contributed by atoms with Crippen molar-refractivity contribution in [2.24, 2.45) is 5.92 Å². The minimum atomic E-state index is -1.52. The third kappa shape index (κ3) is 17.3. The quantitative estimate of drug-likeness (QED) is 0.0650. The Morgan fingerprint density at radius 2 is 1.46 bits per heavy atom. The van der Waals surface area contributed by atoms with Gasteiger partial charge in [-0.2, -0.15) is 0 Å². The molecule has 4 aromatic rings. The van der Waals surface area contributed by atoms with Crippen LogP contribution in [0.5, 0.6) is 0 Å². The maximum atomic E-state index is 15.2. The molecular formula is C70H91F3N10O12. The summed E-state index contributed by atoms with van der Waals surface area (Å²) in [6, 6.07) is 15.3. The predicted octanol–water partition coefficient (Wildman–Crippen LogP) is 8.05. The van der Waals surface area contributed by atoms with Crippen LogP contribution in [0.2, 0.25) is 0 Å². The summed E-state index contributed by atoms with van der Waals surface area (Å²) in [6.45, 7) is 21.3. The van der Waals surface area contributed by atoms with Gasteiger partial charge in [0.05, 0.1) is 25.2 Å². The summed E-state index contributed by atoms with van der Waals surface area (Å²) >= 11 is 0. The third-order valence-corrected chi connectivity index (χ3v) is 18.3. The zero-order valence-electron chi connectivity index (χ0n) is 56.3. The Morgan fingerprint density at radius 1 is 0.779 bits per heavy atom. The van der Waals surface area contributed by atoms with E-state index in [1.165, 1.54) is 37.1 Å². The number of carbonyl (C=O) groups is 8. The molecule has 4 N–H and O–H groups in total. The smallest absolute Gasteiger partial charge is 0.410 e. The molecule has 5 heterocycles. The fourth-order valence-corrected chi connectivity index (χ4v) is 13.0. The molecule has 0 aliphatic carbocycles. The van der Waals surface area contributed by atoms with E-state index in [1.54, 1.807) is 61.8 Å². The first-order chi connectivity index (χ1) is 44.9. The Bertz CT molecular complexity index is 3480. The molecule has 0 saturated carbocycles. The largest absolute Gasteiger partial charge is 0.444 e. The number of para-hydroxylation sites is 1. The van der Waals surface area contributed by atoms with Crippen LogP contribution in [-0.2, 0) is 66.1 Å². The van der Waals surface area contributed by atoms with Crippen molar-refractivity contribution in [3.05, 3.63) is 124 Å². The van der Waals surface area contributed by atoms with Crippen LogP contribution in [0.3, 0.4) is 0 Å². The summed E-state index contributed by atoms with van der Waals surface area (Å²) in [5.74, 6) is -6.38. The van der Waals surface area contributed by atoms with Gasteiger partial charge in [-0.05, 0) is 171 Å². The van der Waals surface area contributed by atoms with Gasteiger partial charge in [-0.15, -0.1) is 0 Å². The number of likely N-dealkylation sites (N-methyl/N-ethyl adjacent to an activating group) is 1.